The van der Waals surface area contributed by atoms with Crippen molar-refractivity contribution >= 4 is 5.91 Å². The lowest BCUT2D eigenvalue weighted by Gasteiger charge is -2.36. The lowest BCUT2D eigenvalue weighted by molar-refractivity contribution is -0.133. The van der Waals surface area contributed by atoms with E-state index in [-0.39, 0.29) is 0 Å². The summed E-state index contributed by atoms with van der Waals surface area (Å²) in [4.78, 5) is 14.0. The number of rotatable bonds is 5. The van der Waals surface area contributed by atoms with Crippen LogP contribution in [-0.4, -0.2) is 37.0 Å². The van der Waals surface area contributed by atoms with Crippen molar-refractivity contribution in [2.75, 3.05) is 20.1 Å². The van der Waals surface area contributed by atoms with Gasteiger partial charge >= 0.3 is 0 Å². The molecule has 0 radical (unpaired) electrons. The summed E-state index contributed by atoms with van der Waals surface area (Å²) in [6, 6.07) is 0.583. The van der Waals surface area contributed by atoms with Crippen LogP contribution in [0, 0.1) is 5.92 Å². The Kier molecular flexibility index (Phi) is 5.81. The summed E-state index contributed by atoms with van der Waals surface area (Å²) >= 11 is 0. The number of hydrogen-bond donors (Lipinski definition) is 1. The number of nitrogens with one attached hydrogen (secondary N) is 1. The number of piperidine rings is 1. The molecule has 0 aromatic rings. The minimum atomic E-state index is 0.356. The van der Waals surface area contributed by atoms with Crippen molar-refractivity contribution in [2.45, 2.75) is 52.0 Å². The van der Waals surface area contributed by atoms with Crippen LogP contribution < -0.4 is 5.32 Å². The van der Waals surface area contributed by atoms with Crippen LogP contribution in [-0.2, 0) is 4.79 Å². The van der Waals surface area contributed by atoms with E-state index >= 15 is 0 Å². The van der Waals surface area contributed by atoms with Gasteiger partial charge in [-0.3, -0.25) is 4.79 Å². The van der Waals surface area contributed by atoms with Crippen molar-refractivity contribution in [2.24, 2.45) is 5.92 Å². The van der Waals surface area contributed by atoms with Crippen LogP contribution in [0.4, 0.5) is 0 Å². The summed E-state index contributed by atoms with van der Waals surface area (Å²) in [5.41, 5.74) is 0. The Morgan fingerprint density at radius 3 is 2.75 bits per heavy atom. The predicted molar refractivity (Wildman–Crippen MR) is 67.4 cm³/mol. The zero-order valence-corrected chi connectivity index (χ0v) is 11.0. The minimum absolute atomic E-state index is 0.356. The van der Waals surface area contributed by atoms with Gasteiger partial charge in [0.25, 0.3) is 0 Å². The third-order valence-corrected chi connectivity index (χ3v) is 3.62. The highest BCUT2D eigenvalue weighted by atomic mass is 16.2. The Hall–Kier alpha value is -0.570. The first-order chi connectivity index (χ1) is 7.69. The summed E-state index contributed by atoms with van der Waals surface area (Å²) in [6.07, 6.45) is 5.25. The Balaban J connectivity index is 2.30. The van der Waals surface area contributed by atoms with Gasteiger partial charge in [0.15, 0.2) is 0 Å². The Morgan fingerprint density at radius 1 is 1.44 bits per heavy atom. The largest absolute Gasteiger partial charge is 0.342 e. The molecule has 1 amide bonds. The first-order valence-electron chi connectivity index (χ1n) is 6.64. The van der Waals surface area contributed by atoms with E-state index in [9.17, 15) is 4.79 Å². The number of likely N-dealkylation sites (tertiary alicyclic amines) is 1. The molecule has 1 N–H and O–H groups in total. The number of unbranched alkanes of at least 4 members (excludes halogenated alkanes) is 2. The molecule has 0 aromatic heterocycles. The van der Waals surface area contributed by atoms with Crippen LogP contribution in [0.3, 0.4) is 0 Å². The Morgan fingerprint density at radius 2 is 2.19 bits per heavy atom. The maximum Gasteiger partial charge on any atom is 0.222 e. The van der Waals surface area contributed by atoms with Crippen molar-refractivity contribution in [3.05, 3.63) is 0 Å². The molecule has 1 rings (SSSR count). The maximum absolute atomic E-state index is 11.9. The van der Waals surface area contributed by atoms with Gasteiger partial charge < -0.3 is 10.2 Å². The summed E-state index contributed by atoms with van der Waals surface area (Å²) in [7, 11) is 2.01. The first-order valence-corrected chi connectivity index (χ1v) is 6.64. The summed E-state index contributed by atoms with van der Waals surface area (Å²) in [5, 5.41) is 3.33. The second kappa shape index (κ2) is 6.89. The van der Waals surface area contributed by atoms with Crippen molar-refractivity contribution in [1.82, 2.24) is 10.2 Å². The molecular formula is C13H26N2O. The average molecular weight is 226 g/mol. The van der Waals surface area contributed by atoms with Crippen molar-refractivity contribution < 1.29 is 4.79 Å². The maximum atomic E-state index is 11.9. The van der Waals surface area contributed by atoms with Gasteiger partial charge in [-0.1, -0.05) is 26.7 Å². The molecule has 0 spiro atoms. The van der Waals surface area contributed by atoms with Crippen LogP contribution in [0.2, 0.25) is 0 Å². The van der Waals surface area contributed by atoms with Gasteiger partial charge in [0.2, 0.25) is 5.91 Å². The summed E-state index contributed by atoms with van der Waals surface area (Å²) in [6.45, 7) is 6.26. The third-order valence-electron chi connectivity index (χ3n) is 3.62. The molecule has 1 aliphatic heterocycles. The van der Waals surface area contributed by atoms with Crippen LogP contribution in [0.25, 0.3) is 0 Å². The predicted octanol–water partition coefficient (Wildman–Crippen LogP) is 2.02. The molecule has 1 aliphatic rings. The molecule has 0 aliphatic carbocycles. The molecule has 94 valence electrons. The SMILES string of the molecule is CCCCCC(=O)N1CCC(NC)C(C)C1. The van der Waals surface area contributed by atoms with E-state index in [0.29, 0.717) is 17.9 Å². The lowest BCUT2D eigenvalue weighted by atomic mass is 9.94. The zero-order valence-electron chi connectivity index (χ0n) is 11.0. The topological polar surface area (TPSA) is 32.3 Å². The Bertz CT molecular complexity index is 218. The highest BCUT2D eigenvalue weighted by Crippen LogP contribution is 2.17. The highest BCUT2D eigenvalue weighted by Gasteiger charge is 2.26. The number of nitrogens with zero attached hydrogens (tertiary/aromatic N) is 1. The first kappa shape index (κ1) is 13.5. The van der Waals surface area contributed by atoms with E-state index in [4.69, 9.17) is 0 Å². The smallest absolute Gasteiger partial charge is 0.222 e. The molecular weight excluding hydrogens is 200 g/mol. The number of amides is 1. The van der Waals surface area contributed by atoms with Gasteiger partial charge in [-0.2, -0.15) is 0 Å². The average Bonchev–Trinajstić information content (AvgIpc) is 2.29. The van der Waals surface area contributed by atoms with Crippen molar-refractivity contribution in [1.29, 1.82) is 0 Å². The molecule has 3 nitrogen and oxygen atoms in total. The molecule has 2 atom stereocenters. The van der Waals surface area contributed by atoms with Gasteiger partial charge in [0, 0.05) is 25.6 Å². The van der Waals surface area contributed by atoms with E-state index in [0.717, 1.165) is 32.4 Å². The molecule has 3 heteroatoms. The molecule has 0 bridgehead atoms. The second-order valence-electron chi connectivity index (χ2n) is 4.96. The standard InChI is InChI=1S/C13H26N2O/c1-4-5-6-7-13(16)15-9-8-12(14-3)11(2)10-15/h11-12,14H,4-10H2,1-3H3. The van der Waals surface area contributed by atoms with E-state index in [1.807, 2.05) is 11.9 Å². The van der Waals surface area contributed by atoms with Crippen LogP contribution >= 0.6 is 0 Å². The number of carbonyl (C=O) groups is 1. The van der Waals surface area contributed by atoms with E-state index in [1.54, 1.807) is 0 Å². The quantitative estimate of drug-likeness (QED) is 0.727. The molecule has 1 saturated heterocycles. The van der Waals surface area contributed by atoms with Gasteiger partial charge in [-0.15, -0.1) is 0 Å². The molecule has 1 fully saturated rings. The van der Waals surface area contributed by atoms with E-state index in [2.05, 4.69) is 19.2 Å². The van der Waals surface area contributed by atoms with Crippen LogP contribution in [0.15, 0.2) is 0 Å². The second-order valence-corrected chi connectivity index (χ2v) is 4.96. The lowest BCUT2D eigenvalue weighted by Crippen LogP contribution is -2.49. The fraction of sp³-hybridized carbons (Fsp3) is 0.923. The van der Waals surface area contributed by atoms with Crippen LogP contribution in [0.5, 0.6) is 0 Å². The monoisotopic (exact) mass is 226 g/mol. The van der Waals surface area contributed by atoms with E-state index < -0.39 is 0 Å². The van der Waals surface area contributed by atoms with Gasteiger partial charge in [0.05, 0.1) is 0 Å². The molecule has 2 unspecified atom stereocenters. The van der Waals surface area contributed by atoms with E-state index in [1.165, 1.54) is 12.8 Å². The van der Waals surface area contributed by atoms with Crippen molar-refractivity contribution in [3.63, 3.8) is 0 Å². The Labute approximate surface area is 99.6 Å². The molecule has 1 heterocycles. The van der Waals surface area contributed by atoms with Crippen molar-refractivity contribution in [3.8, 4) is 0 Å². The normalized spacial score (nSPS) is 25.8. The fourth-order valence-corrected chi connectivity index (χ4v) is 2.49. The number of hydrogen-bond acceptors (Lipinski definition) is 2. The van der Waals surface area contributed by atoms with Gasteiger partial charge in [-0.05, 0) is 25.8 Å². The summed E-state index contributed by atoms with van der Waals surface area (Å²) < 4.78 is 0. The zero-order chi connectivity index (χ0) is 12.0. The van der Waals surface area contributed by atoms with Gasteiger partial charge in [-0.25, -0.2) is 0 Å². The fourth-order valence-electron chi connectivity index (χ4n) is 2.49. The third kappa shape index (κ3) is 3.78. The number of carbonyl (C=O) groups excluding carboxylic acids is 1. The molecule has 0 aromatic carbocycles. The molecule has 16 heavy (non-hydrogen) atoms. The van der Waals surface area contributed by atoms with Gasteiger partial charge in [0.1, 0.15) is 0 Å². The molecule has 0 saturated carbocycles. The highest BCUT2D eigenvalue weighted by molar-refractivity contribution is 5.76. The minimum Gasteiger partial charge on any atom is -0.342 e. The summed E-state index contributed by atoms with van der Waals surface area (Å²) in [5.74, 6) is 0.934. The van der Waals surface area contributed by atoms with Crippen LogP contribution in [0.1, 0.15) is 46.0 Å².